The van der Waals surface area contributed by atoms with Crippen molar-refractivity contribution in [3.63, 3.8) is 0 Å². The van der Waals surface area contributed by atoms with Crippen molar-refractivity contribution < 1.29 is 31.4 Å². The second kappa shape index (κ2) is 19.2. The van der Waals surface area contributed by atoms with E-state index in [-0.39, 0.29) is 16.4 Å². The van der Waals surface area contributed by atoms with Crippen LogP contribution in [0.1, 0.15) is 0 Å². The van der Waals surface area contributed by atoms with Crippen LogP contribution in [0.15, 0.2) is 0 Å². The van der Waals surface area contributed by atoms with E-state index in [1.54, 1.807) is 0 Å². The molecule has 0 saturated heterocycles. The molecule has 0 spiro atoms. The summed E-state index contributed by atoms with van der Waals surface area (Å²) in [6.07, 6.45) is -1.83. The summed E-state index contributed by atoms with van der Waals surface area (Å²) in [6, 6.07) is 0. The van der Waals surface area contributed by atoms with Crippen molar-refractivity contribution in [3.05, 3.63) is 0 Å². The molecule has 0 unspecified atom stereocenters. The van der Waals surface area contributed by atoms with Gasteiger partial charge in [-0.15, -0.1) is 0 Å². The molecule has 0 aromatic rings. The number of carbonyl (C=O) groups is 1. The maximum Gasteiger partial charge on any atom is 0.503 e. The van der Waals surface area contributed by atoms with Gasteiger partial charge < -0.3 is 26.6 Å². The molecule has 0 bridgehead atoms. The molecule has 0 aromatic heterocycles. The zero-order valence-electron chi connectivity index (χ0n) is 3.30. The van der Waals surface area contributed by atoms with Gasteiger partial charge in [0, 0.05) is 0 Å². The Bertz CT molecular complexity index is 27.2. The molecule has 0 aliphatic heterocycles. The Kier molecular flexibility index (Phi) is 96.7. The third-order valence-electron chi connectivity index (χ3n) is 0. The third kappa shape index (κ3) is 70.7. The summed E-state index contributed by atoms with van der Waals surface area (Å²) in [5, 5.41) is 13.9. The summed E-state index contributed by atoms with van der Waals surface area (Å²) in [5.74, 6) is 0. The minimum atomic E-state index is -1.83. The molecular weight excluding hydrogens is 108 g/mol. The zero-order valence-corrected chi connectivity index (χ0v) is 3.30. The lowest BCUT2D eigenvalue weighted by atomic mass is 11.5. The SMILES string of the molecule is O.O.O.O=C(O)O. The van der Waals surface area contributed by atoms with Gasteiger partial charge >= 0.3 is 6.16 Å². The van der Waals surface area contributed by atoms with E-state index >= 15 is 0 Å². The van der Waals surface area contributed by atoms with Gasteiger partial charge in [-0.25, -0.2) is 4.79 Å². The largest absolute Gasteiger partial charge is 0.503 e. The lowest BCUT2D eigenvalue weighted by Crippen LogP contribution is -1.81. The molecule has 0 atom stereocenters. The number of rotatable bonds is 0. The summed E-state index contributed by atoms with van der Waals surface area (Å²) >= 11 is 0. The van der Waals surface area contributed by atoms with E-state index in [9.17, 15) is 0 Å². The first kappa shape index (κ1) is 35.3. The fourth-order valence-electron chi connectivity index (χ4n) is 0. The van der Waals surface area contributed by atoms with Crippen LogP contribution < -0.4 is 0 Å². The van der Waals surface area contributed by atoms with Crippen LogP contribution in [0.2, 0.25) is 0 Å². The molecule has 0 aliphatic rings. The highest BCUT2D eigenvalue weighted by Crippen LogP contribution is 1.42. The van der Waals surface area contributed by atoms with Crippen molar-refractivity contribution in [1.29, 1.82) is 0 Å². The van der Waals surface area contributed by atoms with Gasteiger partial charge in [0.15, 0.2) is 0 Å². The van der Waals surface area contributed by atoms with Crippen LogP contribution in [-0.4, -0.2) is 32.8 Å². The summed E-state index contributed by atoms with van der Waals surface area (Å²) < 4.78 is 0. The fraction of sp³-hybridized carbons (Fsp3) is 0. The highest BCUT2D eigenvalue weighted by Gasteiger charge is 1.70. The Balaban J connectivity index is -0.0000000150. The smallest absolute Gasteiger partial charge is 0.450 e. The van der Waals surface area contributed by atoms with Crippen LogP contribution in [0.4, 0.5) is 4.79 Å². The normalized spacial score (nSPS) is 3.43. The summed E-state index contributed by atoms with van der Waals surface area (Å²) in [5.41, 5.74) is 0. The summed E-state index contributed by atoms with van der Waals surface area (Å²) in [7, 11) is 0. The minimum absolute atomic E-state index is 0. The molecule has 0 saturated carbocycles. The average molecular weight is 116 g/mol. The number of carboxylic acid groups (broad SMARTS) is 2. The predicted molar refractivity (Wildman–Crippen MR) is 21.5 cm³/mol. The van der Waals surface area contributed by atoms with Gasteiger partial charge in [0.2, 0.25) is 0 Å². The molecular formula is CH8O6. The predicted octanol–water partition coefficient (Wildman–Crippen LogP) is -2.25. The van der Waals surface area contributed by atoms with Crippen LogP contribution in [-0.2, 0) is 0 Å². The van der Waals surface area contributed by atoms with Gasteiger partial charge in [-0.1, -0.05) is 0 Å². The Hall–Kier alpha value is -0.850. The molecule has 0 amide bonds. The van der Waals surface area contributed by atoms with E-state index in [1.807, 2.05) is 0 Å². The van der Waals surface area contributed by atoms with E-state index < -0.39 is 6.16 Å². The topological polar surface area (TPSA) is 152 Å². The Morgan fingerprint density at radius 3 is 1.00 bits per heavy atom. The highest BCUT2D eigenvalue weighted by atomic mass is 16.6. The second-order valence-electron chi connectivity index (χ2n) is 0.283. The van der Waals surface area contributed by atoms with Crippen LogP contribution in [0.5, 0.6) is 0 Å². The maximum absolute atomic E-state index is 8.56. The van der Waals surface area contributed by atoms with Gasteiger partial charge in [-0.05, 0) is 0 Å². The summed E-state index contributed by atoms with van der Waals surface area (Å²) in [4.78, 5) is 8.56. The Morgan fingerprint density at radius 2 is 1.00 bits per heavy atom. The molecule has 0 fully saturated rings. The van der Waals surface area contributed by atoms with Crippen LogP contribution in [0.3, 0.4) is 0 Å². The number of hydrogen-bond donors (Lipinski definition) is 2. The molecule has 0 heterocycles. The summed E-state index contributed by atoms with van der Waals surface area (Å²) in [6.45, 7) is 0. The van der Waals surface area contributed by atoms with E-state index in [0.29, 0.717) is 0 Å². The molecule has 0 aliphatic carbocycles. The van der Waals surface area contributed by atoms with Crippen molar-refractivity contribution in [2.45, 2.75) is 0 Å². The Morgan fingerprint density at radius 1 is 1.00 bits per heavy atom. The molecule has 48 valence electrons. The molecule has 7 heavy (non-hydrogen) atoms. The van der Waals surface area contributed by atoms with E-state index in [0.717, 1.165) is 0 Å². The van der Waals surface area contributed by atoms with Crippen molar-refractivity contribution in [1.82, 2.24) is 0 Å². The van der Waals surface area contributed by atoms with Crippen molar-refractivity contribution in [2.24, 2.45) is 0 Å². The van der Waals surface area contributed by atoms with E-state index in [1.165, 1.54) is 0 Å². The average Bonchev–Trinajstić information content (AvgIpc) is 0.811. The molecule has 8 N–H and O–H groups in total. The van der Waals surface area contributed by atoms with Gasteiger partial charge in [0.25, 0.3) is 0 Å². The van der Waals surface area contributed by atoms with Gasteiger partial charge in [-0.3, -0.25) is 0 Å². The van der Waals surface area contributed by atoms with E-state index in [4.69, 9.17) is 15.0 Å². The molecule has 0 radical (unpaired) electrons. The number of hydrogen-bond acceptors (Lipinski definition) is 1. The highest BCUT2D eigenvalue weighted by molar-refractivity contribution is 5.53. The third-order valence-corrected chi connectivity index (χ3v) is 0. The minimum Gasteiger partial charge on any atom is -0.450 e. The van der Waals surface area contributed by atoms with Gasteiger partial charge in [-0.2, -0.15) is 0 Å². The first-order chi connectivity index (χ1) is 1.73. The molecule has 0 aromatic carbocycles. The van der Waals surface area contributed by atoms with Crippen molar-refractivity contribution >= 4 is 6.16 Å². The molecule has 6 nitrogen and oxygen atoms in total. The first-order valence-electron chi connectivity index (χ1n) is 0.651. The first-order valence-corrected chi connectivity index (χ1v) is 0.651. The van der Waals surface area contributed by atoms with E-state index in [2.05, 4.69) is 0 Å². The van der Waals surface area contributed by atoms with Crippen LogP contribution >= 0.6 is 0 Å². The van der Waals surface area contributed by atoms with Crippen LogP contribution in [0, 0.1) is 0 Å². The maximum atomic E-state index is 8.56. The standard InChI is InChI=1S/CH2O3.3H2O/c2-1(3)4;;;/h(H2,2,3,4);3*1H2. The second-order valence-corrected chi connectivity index (χ2v) is 0.283. The Labute approximate surface area is 38.9 Å². The van der Waals surface area contributed by atoms with Gasteiger partial charge in [0.1, 0.15) is 0 Å². The lowest BCUT2D eigenvalue weighted by Gasteiger charge is -1.60. The lowest BCUT2D eigenvalue weighted by molar-refractivity contribution is 0.137. The van der Waals surface area contributed by atoms with Crippen molar-refractivity contribution in [2.75, 3.05) is 0 Å². The fourth-order valence-corrected chi connectivity index (χ4v) is 0. The molecule has 0 rings (SSSR count). The monoisotopic (exact) mass is 116 g/mol. The van der Waals surface area contributed by atoms with Crippen molar-refractivity contribution in [3.8, 4) is 0 Å². The van der Waals surface area contributed by atoms with Crippen LogP contribution in [0.25, 0.3) is 0 Å². The van der Waals surface area contributed by atoms with Gasteiger partial charge in [0.05, 0.1) is 0 Å². The molecule has 6 heteroatoms. The quantitative estimate of drug-likeness (QED) is 0.367. The zero-order chi connectivity index (χ0) is 3.58.